The zero-order valence-corrected chi connectivity index (χ0v) is 32.6. The lowest BCUT2D eigenvalue weighted by atomic mass is 9.49. The smallest absolute Gasteiger partial charge is 0.164 e. The standard InChI is InChI=1S/C54H45N3/c1-34-29-36-31-35(2)54(45(30-34)32-36)48-16-10-9-15-46(48)50-47-33-44(26-21-41(47)27-28-49(50)54)53-56-51(42-22-17-39(18-23-42)37-11-5-3-6-12-37)55-52(57-53)43-24-19-40(20-25-43)38-13-7-4-8-14-38/h3-28,33-36,45H,29-32H2,1-2H3. The summed E-state index contributed by atoms with van der Waals surface area (Å²) >= 11 is 0. The van der Waals surface area contributed by atoms with Crippen molar-refractivity contribution in [3.05, 3.63) is 175 Å². The Kier molecular flexibility index (Phi) is 8.06. The highest BCUT2D eigenvalue weighted by Crippen LogP contribution is 2.65. The van der Waals surface area contributed by atoms with Crippen molar-refractivity contribution < 1.29 is 0 Å². The lowest BCUT2D eigenvalue weighted by Gasteiger charge is -2.54. The van der Waals surface area contributed by atoms with Crippen LogP contribution in [-0.2, 0) is 5.41 Å². The Hall–Kier alpha value is -6.19. The van der Waals surface area contributed by atoms with Crippen LogP contribution >= 0.6 is 0 Å². The summed E-state index contributed by atoms with van der Waals surface area (Å²) in [7, 11) is 0. The first-order valence-corrected chi connectivity index (χ1v) is 20.8. The molecule has 3 aliphatic carbocycles. The number of aromatic nitrogens is 3. The molecule has 276 valence electrons. The molecule has 0 N–H and O–H groups in total. The van der Waals surface area contributed by atoms with Crippen LogP contribution in [0.25, 0.3) is 78.3 Å². The average molecular weight is 736 g/mol. The van der Waals surface area contributed by atoms with Crippen molar-refractivity contribution in [2.75, 3.05) is 0 Å². The van der Waals surface area contributed by atoms with Gasteiger partial charge in [0.1, 0.15) is 0 Å². The molecule has 3 heteroatoms. The third kappa shape index (κ3) is 5.58. The maximum absolute atomic E-state index is 5.23. The Morgan fingerprint density at radius 2 is 0.947 bits per heavy atom. The van der Waals surface area contributed by atoms with Crippen LogP contribution in [0.1, 0.15) is 50.7 Å². The van der Waals surface area contributed by atoms with Gasteiger partial charge >= 0.3 is 0 Å². The molecule has 0 saturated heterocycles. The summed E-state index contributed by atoms with van der Waals surface area (Å²) < 4.78 is 0. The molecule has 5 atom stereocenters. The van der Waals surface area contributed by atoms with Crippen molar-refractivity contribution in [3.63, 3.8) is 0 Å². The van der Waals surface area contributed by atoms with E-state index in [2.05, 4.69) is 178 Å². The van der Waals surface area contributed by atoms with Gasteiger partial charge in [0.2, 0.25) is 0 Å². The predicted molar refractivity (Wildman–Crippen MR) is 235 cm³/mol. The van der Waals surface area contributed by atoms with Gasteiger partial charge < -0.3 is 0 Å². The SMILES string of the molecule is CC1CC2CC(C)C3(c4ccccc4-c4c3ccc3ccc(-c5nc(-c6ccc(-c7ccccc7)cc6)nc(-c6ccc(-c7ccccc7)cc6)n5)cc43)C(C1)C2. The molecule has 0 amide bonds. The highest BCUT2D eigenvalue weighted by atomic mass is 15.0. The maximum Gasteiger partial charge on any atom is 0.164 e. The summed E-state index contributed by atoms with van der Waals surface area (Å²) in [6.45, 7) is 5.04. The van der Waals surface area contributed by atoms with E-state index in [0.29, 0.717) is 29.3 Å². The largest absolute Gasteiger partial charge is 0.208 e. The van der Waals surface area contributed by atoms with Crippen LogP contribution in [0.15, 0.2) is 164 Å². The molecule has 7 aromatic carbocycles. The van der Waals surface area contributed by atoms with Gasteiger partial charge in [-0.3, -0.25) is 0 Å². The summed E-state index contributed by atoms with van der Waals surface area (Å²) in [5, 5.41) is 2.54. The zero-order chi connectivity index (χ0) is 38.1. The lowest BCUT2D eigenvalue weighted by Crippen LogP contribution is -2.49. The topological polar surface area (TPSA) is 38.7 Å². The van der Waals surface area contributed by atoms with Crippen LogP contribution in [0.5, 0.6) is 0 Å². The summed E-state index contributed by atoms with van der Waals surface area (Å²) in [4.78, 5) is 15.6. The van der Waals surface area contributed by atoms with Gasteiger partial charge in [0.05, 0.1) is 0 Å². The van der Waals surface area contributed by atoms with Gasteiger partial charge in [-0.15, -0.1) is 0 Å². The van der Waals surface area contributed by atoms with Crippen molar-refractivity contribution in [2.24, 2.45) is 23.7 Å². The van der Waals surface area contributed by atoms with Crippen LogP contribution in [0.4, 0.5) is 0 Å². The van der Waals surface area contributed by atoms with Crippen LogP contribution < -0.4 is 0 Å². The molecule has 1 aromatic heterocycles. The van der Waals surface area contributed by atoms with Crippen molar-refractivity contribution in [1.29, 1.82) is 0 Å². The second-order valence-corrected chi connectivity index (χ2v) is 17.0. The van der Waals surface area contributed by atoms with Crippen molar-refractivity contribution in [1.82, 2.24) is 15.0 Å². The highest BCUT2D eigenvalue weighted by molar-refractivity contribution is 6.04. The third-order valence-electron chi connectivity index (χ3n) is 13.7. The van der Waals surface area contributed by atoms with Gasteiger partial charge in [0.15, 0.2) is 17.5 Å². The first-order chi connectivity index (χ1) is 28.0. The van der Waals surface area contributed by atoms with E-state index >= 15 is 0 Å². The minimum absolute atomic E-state index is 0.0482. The Morgan fingerprint density at radius 1 is 0.439 bits per heavy atom. The van der Waals surface area contributed by atoms with E-state index in [0.717, 1.165) is 39.7 Å². The van der Waals surface area contributed by atoms with E-state index in [9.17, 15) is 0 Å². The normalized spacial score (nSPS) is 22.0. The fourth-order valence-corrected chi connectivity index (χ4v) is 11.3. The molecule has 1 spiro atoms. The molecule has 2 bridgehead atoms. The molecule has 57 heavy (non-hydrogen) atoms. The zero-order valence-electron chi connectivity index (χ0n) is 32.6. The first-order valence-electron chi connectivity index (χ1n) is 20.8. The van der Waals surface area contributed by atoms with E-state index in [1.807, 2.05) is 0 Å². The summed E-state index contributed by atoms with van der Waals surface area (Å²) in [6, 6.07) is 59.2. The molecule has 11 rings (SSSR count). The molecule has 5 unspecified atom stereocenters. The van der Waals surface area contributed by atoms with E-state index in [1.165, 1.54) is 64.3 Å². The van der Waals surface area contributed by atoms with Gasteiger partial charge in [0.25, 0.3) is 0 Å². The molecule has 2 fully saturated rings. The Labute approximate surface area is 335 Å². The molecule has 3 aliphatic rings. The van der Waals surface area contributed by atoms with Gasteiger partial charge in [-0.2, -0.15) is 0 Å². The first kappa shape index (κ1) is 34.1. The predicted octanol–water partition coefficient (Wildman–Crippen LogP) is 13.7. The fraction of sp³-hybridized carbons (Fsp3) is 0.204. The second-order valence-electron chi connectivity index (χ2n) is 17.0. The quantitative estimate of drug-likeness (QED) is 0.177. The molecule has 3 nitrogen and oxygen atoms in total. The maximum atomic E-state index is 5.23. The third-order valence-corrected chi connectivity index (χ3v) is 13.7. The van der Waals surface area contributed by atoms with E-state index < -0.39 is 0 Å². The van der Waals surface area contributed by atoms with Crippen molar-refractivity contribution in [2.45, 2.75) is 44.9 Å². The Bertz CT molecular complexity index is 2670. The monoisotopic (exact) mass is 735 g/mol. The molecule has 8 aromatic rings. The minimum atomic E-state index is 0.0482. The Morgan fingerprint density at radius 3 is 1.58 bits per heavy atom. The average Bonchev–Trinajstić information content (AvgIpc) is 3.57. The summed E-state index contributed by atoms with van der Waals surface area (Å²) in [6.07, 6.45) is 5.34. The molecular weight excluding hydrogens is 691 g/mol. The van der Waals surface area contributed by atoms with E-state index in [1.54, 1.807) is 5.56 Å². The second kappa shape index (κ2) is 13.5. The van der Waals surface area contributed by atoms with E-state index in [-0.39, 0.29) is 5.41 Å². The summed E-state index contributed by atoms with van der Waals surface area (Å²) in [5.41, 5.74) is 13.6. The van der Waals surface area contributed by atoms with Crippen molar-refractivity contribution in [3.8, 4) is 67.5 Å². The number of hydrogen-bond donors (Lipinski definition) is 0. The van der Waals surface area contributed by atoms with Crippen LogP contribution in [-0.4, -0.2) is 15.0 Å². The number of rotatable bonds is 5. The number of fused-ring (bicyclic) bond motifs is 10. The number of hydrogen-bond acceptors (Lipinski definition) is 3. The van der Waals surface area contributed by atoms with Gasteiger partial charge in [0, 0.05) is 22.1 Å². The Balaban J connectivity index is 1.07. The van der Waals surface area contributed by atoms with E-state index in [4.69, 9.17) is 15.0 Å². The minimum Gasteiger partial charge on any atom is -0.208 e. The molecule has 0 aliphatic heterocycles. The molecule has 1 heterocycles. The van der Waals surface area contributed by atoms with Crippen molar-refractivity contribution >= 4 is 10.8 Å². The lowest BCUT2D eigenvalue weighted by molar-refractivity contribution is 0.0426. The van der Waals surface area contributed by atoms with Gasteiger partial charge in [-0.25, -0.2) is 15.0 Å². The van der Waals surface area contributed by atoms with Gasteiger partial charge in [-0.05, 0) is 111 Å². The van der Waals surface area contributed by atoms with Gasteiger partial charge in [-0.1, -0.05) is 172 Å². The highest BCUT2D eigenvalue weighted by Gasteiger charge is 2.56. The fourth-order valence-electron chi connectivity index (χ4n) is 11.3. The van der Waals surface area contributed by atoms with Crippen LogP contribution in [0.3, 0.4) is 0 Å². The molecular formula is C54H45N3. The van der Waals surface area contributed by atoms with Crippen LogP contribution in [0.2, 0.25) is 0 Å². The number of benzene rings is 7. The summed E-state index contributed by atoms with van der Waals surface area (Å²) in [5.74, 6) is 4.89. The number of nitrogens with zero attached hydrogens (tertiary/aromatic N) is 3. The molecule has 2 saturated carbocycles. The molecule has 0 radical (unpaired) electrons. The van der Waals surface area contributed by atoms with Crippen LogP contribution in [0, 0.1) is 23.7 Å².